The maximum atomic E-state index is 10.4. The highest BCUT2D eigenvalue weighted by Gasteiger charge is 2.21. The number of anilines is 3. The van der Waals surface area contributed by atoms with E-state index in [-0.39, 0.29) is 0 Å². The number of nitrogens with zero attached hydrogens (tertiary/aromatic N) is 2. The smallest absolute Gasteiger partial charge is 0.448 e. The third-order valence-corrected chi connectivity index (χ3v) is 2.84. The quantitative estimate of drug-likeness (QED) is 0.661. The van der Waals surface area contributed by atoms with Crippen molar-refractivity contribution in [3.63, 3.8) is 0 Å². The average Bonchev–Trinajstić information content (AvgIpc) is 2.30. The molecule has 7 nitrogen and oxygen atoms in total. The number of carboxylic acid groups (broad SMARTS) is 1. The first-order valence-electron chi connectivity index (χ1n) is 5.62. The second-order valence-corrected chi connectivity index (χ2v) is 4.09. The van der Waals surface area contributed by atoms with E-state index in [1.807, 2.05) is 6.07 Å². The van der Waals surface area contributed by atoms with Crippen molar-refractivity contribution in [2.24, 2.45) is 0 Å². The van der Waals surface area contributed by atoms with Gasteiger partial charge in [-0.1, -0.05) is 0 Å². The van der Waals surface area contributed by atoms with Crippen molar-refractivity contribution >= 4 is 23.2 Å². The zero-order valence-corrected chi connectivity index (χ0v) is 9.87. The van der Waals surface area contributed by atoms with Crippen LogP contribution in [0.1, 0.15) is 0 Å². The van der Waals surface area contributed by atoms with Crippen molar-refractivity contribution in [2.45, 2.75) is 0 Å². The Morgan fingerprint density at radius 1 is 1.22 bits per heavy atom. The van der Waals surface area contributed by atoms with E-state index < -0.39 is 6.16 Å². The first kappa shape index (κ1) is 12.3. The highest BCUT2D eigenvalue weighted by atomic mass is 16.8. The summed E-state index contributed by atoms with van der Waals surface area (Å²) in [5.74, 6) is 0. The van der Waals surface area contributed by atoms with Crippen LogP contribution in [0.5, 0.6) is 0 Å². The summed E-state index contributed by atoms with van der Waals surface area (Å²) in [6, 6.07) is 5.39. The summed E-state index contributed by atoms with van der Waals surface area (Å²) in [6.45, 7) is 2.33. The van der Waals surface area contributed by atoms with Gasteiger partial charge in [0.05, 0.1) is 24.5 Å². The van der Waals surface area contributed by atoms with E-state index in [0.717, 1.165) is 5.69 Å². The second-order valence-electron chi connectivity index (χ2n) is 4.09. The third kappa shape index (κ3) is 2.75. The molecule has 98 valence electrons. The molecule has 5 N–H and O–H groups in total. The molecule has 1 fully saturated rings. The number of nitrogens with two attached hydrogens (primary N) is 2. The van der Waals surface area contributed by atoms with Crippen LogP contribution in [0.2, 0.25) is 0 Å². The van der Waals surface area contributed by atoms with Gasteiger partial charge in [-0.25, -0.2) is 4.79 Å². The van der Waals surface area contributed by atoms with E-state index in [2.05, 4.69) is 9.74 Å². The standard InChI is InChI=1S/C11H16N4O3/c12-8-1-2-10(9(13)7-8)14-3-5-15(6-4-14)18-11(16)17/h1-2,7H,3-6,12-13H2,(H,16,17). The Morgan fingerprint density at radius 3 is 2.44 bits per heavy atom. The highest BCUT2D eigenvalue weighted by Crippen LogP contribution is 2.26. The Morgan fingerprint density at radius 2 is 1.89 bits per heavy atom. The fourth-order valence-electron chi connectivity index (χ4n) is 1.99. The van der Waals surface area contributed by atoms with Crippen LogP contribution in [0, 0.1) is 0 Å². The SMILES string of the molecule is Nc1ccc(N2CCN(OC(=O)O)CC2)c(N)c1. The van der Waals surface area contributed by atoms with Gasteiger partial charge in [0.15, 0.2) is 0 Å². The lowest BCUT2D eigenvalue weighted by Crippen LogP contribution is -2.47. The van der Waals surface area contributed by atoms with Crippen LogP contribution < -0.4 is 16.4 Å². The van der Waals surface area contributed by atoms with Gasteiger partial charge in [0.2, 0.25) is 0 Å². The number of piperazine rings is 1. The zero-order valence-electron chi connectivity index (χ0n) is 9.87. The molecule has 0 saturated carbocycles. The Bertz CT molecular complexity index is 444. The summed E-state index contributed by atoms with van der Waals surface area (Å²) in [5, 5.41) is 9.93. The maximum Gasteiger partial charge on any atom is 0.525 e. The Kier molecular flexibility index (Phi) is 3.42. The van der Waals surface area contributed by atoms with Gasteiger partial charge in [-0.3, -0.25) is 0 Å². The molecule has 0 spiro atoms. The molecule has 0 aromatic heterocycles. The molecule has 0 bridgehead atoms. The van der Waals surface area contributed by atoms with Crippen molar-refractivity contribution in [3.05, 3.63) is 18.2 Å². The molecule has 2 rings (SSSR count). The fraction of sp³-hybridized carbons (Fsp3) is 0.364. The molecular formula is C11H16N4O3. The summed E-state index contributed by atoms with van der Waals surface area (Å²) in [6.07, 6.45) is -1.28. The Hall–Kier alpha value is -2.15. The molecule has 0 aliphatic carbocycles. The van der Waals surface area contributed by atoms with Crippen LogP contribution >= 0.6 is 0 Å². The molecule has 0 unspecified atom stereocenters. The van der Waals surface area contributed by atoms with Crippen LogP contribution in [0.25, 0.3) is 0 Å². The van der Waals surface area contributed by atoms with Crippen molar-refractivity contribution in [2.75, 3.05) is 42.5 Å². The molecule has 7 heteroatoms. The van der Waals surface area contributed by atoms with Gasteiger partial charge in [0.25, 0.3) is 0 Å². The number of hydrogen-bond acceptors (Lipinski definition) is 6. The number of hydroxylamine groups is 2. The Labute approximate surface area is 104 Å². The van der Waals surface area contributed by atoms with Gasteiger partial charge in [-0.15, -0.1) is 5.06 Å². The van der Waals surface area contributed by atoms with Gasteiger partial charge in [0.1, 0.15) is 0 Å². The van der Waals surface area contributed by atoms with E-state index in [1.165, 1.54) is 5.06 Å². The van der Waals surface area contributed by atoms with Crippen molar-refractivity contribution in [3.8, 4) is 0 Å². The highest BCUT2D eigenvalue weighted by molar-refractivity contribution is 5.72. The lowest BCUT2D eigenvalue weighted by atomic mass is 10.2. The summed E-state index contributed by atoms with van der Waals surface area (Å²) in [5.41, 5.74) is 13.7. The van der Waals surface area contributed by atoms with E-state index in [1.54, 1.807) is 12.1 Å². The topological polar surface area (TPSA) is 105 Å². The predicted octanol–water partition coefficient (Wildman–Crippen LogP) is 0.583. The van der Waals surface area contributed by atoms with Crippen molar-refractivity contribution in [1.29, 1.82) is 0 Å². The summed E-state index contributed by atoms with van der Waals surface area (Å²) < 4.78 is 0. The van der Waals surface area contributed by atoms with Gasteiger partial charge in [0, 0.05) is 18.8 Å². The largest absolute Gasteiger partial charge is 0.525 e. The molecule has 1 saturated heterocycles. The van der Waals surface area contributed by atoms with Gasteiger partial charge in [-0.2, -0.15) is 0 Å². The van der Waals surface area contributed by atoms with Crippen LogP contribution in [-0.2, 0) is 4.84 Å². The van der Waals surface area contributed by atoms with E-state index >= 15 is 0 Å². The third-order valence-electron chi connectivity index (χ3n) is 2.84. The lowest BCUT2D eigenvalue weighted by Gasteiger charge is -2.34. The second kappa shape index (κ2) is 5.01. The molecule has 1 aliphatic rings. The van der Waals surface area contributed by atoms with Gasteiger partial charge in [-0.05, 0) is 18.2 Å². The number of carbonyl (C=O) groups is 1. The zero-order chi connectivity index (χ0) is 13.1. The first-order valence-corrected chi connectivity index (χ1v) is 5.62. The number of hydrogen-bond donors (Lipinski definition) is 3. The number of benzene rings is 1. The molecule has 0 radical (unpaired) electrons. The minimum atomic E-state index is -1.28. The summed E-state index contributed by atoms with van der Waals surface area (Å²) in [4.78, 5) is 17.1. The molecule has 18 heavy (non-hydrogen) atoms. The van der Waals surface area contributed by atoms with Crippen LogP contribution in [0.3, 0.4) is 0 Å². The molecule has 1 aromatic rings. The minimum Gasteiger partial charge on any atom is -0.448 e. The van der Waals surface area contributed by atoms with Crippen LogP contribution in [0.4, 0.5) is 21.9 Å². The molecule has 0 amide bonds. The number of nitrogen functional groups attached to an aromatic ring is 2. The molecule has 1 aliphatic heterocycles. The van der Waals surface area contributed by atoms with E-state index in [9.17, 15) is 4.79 Å². The maximum absolute atomic E-state index is 10.4. The fourth-order valence-corrected chi connectivity index (χ4v) is 1.99. The van der Waals surface area contributed by atoms with Crippen LogP contribution in [-0.4, -0.2) is 42.5 Å². The van der Waals surface area contributed by atoms with Gasteiger partial charge < -0.3 is 26.3 Å². The average molecular weight is 252 g/mol. The van der Waals surface area contributed by atoms with Crippen LogP contribution in [0.15, 0.2) is 18.2 Å². The summed E-state index contributed by atoms with van der Waals surface area (Å²) >= 11 is 0. The number of rotatable bonds is 2. The molecule has 1 heterocycles. The van der Waals surface area contributed by atoms with Crippen molar-refractivity contribution in [1.82, 2.24) is 5.06 Å². The van der Waals surface area contributed by atoms with Crippen molar-refractivity contribution < 1.29 is 14.7 Å². The Balaban J connectivity index is 1.99. The first-order chi connectivity index (χ1) is 8.56. The summed E-state index contributed by atoms with van der Waals surface area (Å²) in [7, 11) is 0. The molecule has 1 aromatic carbocycles. The van der Waals surface area contributed by atoms with E-state index in [0.29, 0.717) is 37.6 Å². The predicted molar refractivity (Wildman–Crippen MR) is 68.2 cm³/mol. The minimum absolute atomic E-state index is 0.510. The van der Waals surface area contributed by atoms with E-state index in [4.69, 9.17) is 16.6 Å². The lowest BCUT2D eigenvalue weighted by molar-refractivity contribution is -0.121. The molecule has 0 atom stereocenters. The van der Waals surface area contributed by atoms with Gasteiger partial charge >= 0.3 is 6.16 Å². The normalized spacial score (nSPS) is 16.6. The molecular weight excluding hydrogens is 236 g/mol. The monoisotopic (exact) mass is 252 g/mol.